The Morgan fingerprint density at radius 2 is 1.94 bits per heavy atom. The fourth-order valence-electron chi connectivity index (χ4n) is 3.95. The molecule has 1 fully saturated rings. The SMILES string of the molecule is COCCOc1cc(C(=O)N[C@@H]2CCCN(C(C)C)C2)nc2c(OCC(=O)C(C)C)cccc12. The molecule has 0 spiro atoms. The first-order valence-corrected chi connectivity index (χ1v) is 12.1. The van der Waals surface area contributed by atoms with Crippen molar-refractivity contribution in [3.05, 3.63) is 30.0 Å². The molecule has 0 saturated carbocycles. The molecule has 0 radical (unpaired) electrons. The first kappa shape index (κ1) is 25.9. The minimum atomic E-state index is -0.248. The molecule has 1 amide bonds. The average Bonchev–Trinajstić information content (AvgIpc) is 2.82. The Morgan fingerprint density at radius 3 is 2.65 bits per heavy atom. The van der Waals surface area contributed by atoms with E-state index in [0.29, 0.717) is 41.7 Å². The molecular weight excluding hydrogens is 434 g/mol. The highest BCUT2D eigenvalue weighted by molar-refractivity contribution is 5.98. The number of carbonyl (C=O) groups is 2. The molecule has 0 unspecified atom stereocenters. The maximum absolute atomic E-state index is 13.2. The van der Waals surface area contributed by atoms with Crippen LogP contribution < -0.4 is 14.8 Å². The van der Waals surface area contributed by atoms with E-state index in [0.717, 1.165) is 25.9 Å². The topological polar surface area (TPSA) is 90.0 Å². The smallest absolute Gasteiger partial charge is 0.270 e. The number of ketones is 1. The summed E-state index contributed by atoms with van der Waals surface area (Å²) >= 11 is 0. The average molecular weight is 472 g/mol. The summed E-state index contributed by atoms with van der Waals surface area (Å²) in [5.74, 6) is 0.594. The van der Waals surface area contributed by atoms with Gasteiger partial charge in [0.2, 0.25) is 0 Å². The lowest BCUT2D eigenvalue weighted by molar-refractivity contribution is -0.123. The van der Waals surface area contributed by atoms with E-state index in [-0.39, 0.29) is 36.0 Å². The molecule has 1 aliphatic rings. The van der Waals surface area contributed by atoms with Crippen LogP contribution >= 0.6 is 0 Å². The number of pyridine rings is 1. The summed E-state index contributed by atoms with van der Waals surface area (Å²) in [6.45, 7) is 10.6. The molecular formula is C26H37N3O5. The molecule has 186 valence electrons. The quantitative estimate of drug-likeness (QED) is 0.502. The van der Waals surface area contributed by atoms with Crippen LogP contribution in [0.3, 0.4) is 0 Å². The molecule has 1 saturated heterocycles. The highest BCUT2D eigenvalue weighted by Crippen LogP contribution is 2.32. The normalized spacial score (nSPS) is 16.7. The zero-order chi connectivity index (χ0) is 24.7. The number of methoxy groups -OCH3 is 1. The van der Waals surface area contributed by atoms with E-state index in [1.807, 2.05) is 26.0 Å². The van der Waals surface area contributed by atoms with Crippen molar-refractivity contribution in [3.8, 4) is 11.5 Å². The Hall–Kier alpha value is -2.71. The van der Waals surface area contributed by atoms with E-state index in [2.05, 4.69) is 29.0 Å². The second kappa shape index (κ2) is 12.1. The molecule has 2 heterocycles. The predicted molar refractivity (Wildman–Crippen MR) is 132 cm³/mol. The van der Waals surface area contributed by atoms with Gasteiger partial charge in [-0.1, -0.05) is 19.9 Å². The molecule has 1 aliphatic heterocycles. The second-order valence-corrected chi connectivity index (χ2v) is 9.31. The monoisotopic (exact) mass is 471 g/mol. The van der Waals surface area contributed by atoms with Crippen molar-refractivity contribution >= 4 is 22.6 Å². The number of amides is 1. The van der Waals surface area contributed by atoms with Crippen molar-refractivity contribution in [2.75, 3.05) is 40.0 Å². The largest absolute Gasteiger partial charge is 0.490 e. The van der Waals surface area contributed by atoms with E-state index < -0.39 is 0 Å². The molecule has 0 aliphatic carbocycles. The lowest BCUT2D eigenvalue weighted by Crippen LogP contribution is -2.49. The Bertz CT molecular complexity index is 992. The van der Waals surface area contributed by atoms with Crippen molar-refractivity contribution in [2.45, 2.75) is 52.6 Å². The number of nitrogens with zero attached hydrogens (tertiary/aromatic N) is 2. The summed E-state index contributed by atoms with van der Waals surface area (Å²) in [5.41, 5.74) is 0.749. The minimum absolute atomic E-state index is 0.00512. The van der Waals surface area contributed by atoms with Crippen molar-refractivity contribution in [1.29, 1.82) is 0 Å². The van der Waals surface area contributed by atoms with Crippen molar-refractivity contribution in [3.63, 3.8) is 0 Å². The van der Waals surface area contributed by atoms with Crippen LogP contribution in [0.5, 0.6) is 11.5 Å². The van der Waals surface area contributed by atoms with E-state index in [1.165, 1.54) is 0 Å². The maximum atomic E-state index is 13.2. The Balaban J connectivity index is 1.89. The van der Waals surface area contributed by atoms with Crippen LogP contribution in [0.1, 0.15) is 51.0 Å². The number of rotatable bonds is 11. The van der Waals surface area contributed by atoms with Gasteiger partial charge >= 0.3 is 0 Å². The molecule has 1 N–H and O–H groups in total. The summed E-state index contributed by atoms with van der Waals surface area (Å²) in [4.78, 5) is 32.3. The van der Waals surface area contributed by atoms with Gasteiger partial charge in [-0.25, -0.2) is 4.98 Å². The van der Waals surface area contributed by atoms with Gasteiger partial charge in [0.25, 0.3) is 5.91 Å². The Kier molecular flexibility index (Phi) is 9.24. The molecule has 2 aromatic rings. The first-order valence-electron chi connectivity index (χ1n) is 12.1. The summed E-state index contributed by atoms with van der Waals surface area (Å²) in [6.07, 6.45) is 1.98. The lowest BCUT2D eigenvalue weighted by atomic mass is 10.0. The number of nitrogens with one attached hydrogen (secondary N) is 1. The fraction of sp³-hybridized carbons (Fsp3) is 0.577. The van der Waals surface area contributed by atoms with Crippen molar-refractivity contribution < 1.29 is 23.8 Å². The van der Waals surface area contributed by atoms with Crippen LogP contribution in [0.25, 0.3) is 10.9 Å². The van der Waals surface area contributed by atoms with Crippen molar-refractivity contribution in [1.82, 2.24) is 15.2 Å². The van der Waals surface area contributed by atoms with E-state index >= 15 is 0 Å². The van der Waals surface area contributed by atoms with Crippen LogP contribution in [-0.2, 0) is 9.53 Å². The van der Waals surface area contributed by atoms with E-state index in [4.69, 9.17) is 14.2 Å². The molecule has 1 atom stereocenters. The summed E-state index contributed by atoms with van der Waals surface area (Å²) in [5, 5.41) is 3.86. The van der Waals surface area contributed by atoms with Crippen LogP contribution in [0, 0.1) is 5.92 Å². The predicted octanol–water partition coefficient (Wildman–Crippen LogP) is 3.47. The number of benzene rings is 1. The van der Waals surface area contributed by atoms with E-state index in [1.54, 1.807) is 19.2 Å². The molecule has 1 aromatic heterocycles. The highest BCUT2D eigenvalue weighted by atomic mass is 16.5. The first-order chi connectivity index (χ1) is 16.3. The lowest BCUT2D eigenvalue weighted by Gasteiger charge is -2.35. The Morgan fingerprint density at radius 1 is 1.15 bits per heavy atom. The van der Waals surface area contributed by atoms with Gasteiger partial charge in [-0.2, -0.15) is 0 Å². The molecule has 8 heteroatoms. The third kappa shape index (κ3) is 6.67. The van der Waals surface area contributed by atoms with Gasteiger partial charge in [0, 0.05) is 43.1 Å². The molecule has 34 heavy (non-hydrogen) atoms. The van der Waals surface area contributed by atoms with Crippen LogP contribution in [0.15, 0.2) is 24.3 Å². The standard InChI is InChI=1S/C26H37N3O5/c1-17(2)22(30)16-34-23-10-6-9-20-24(33-13-12-32-5)14-21(28-25(20)23)26(31)27-19-8-7-11-29(15-19)18(3)4/h6,9-10,14,17-19H,7-8,11-13,15-16H2,1-5H3,(H,27,31)/t19-/m1/s1. The fourth-order valence-corrected chi connectivity index (χ4v) is 3.95. The van der Waals surface area contributed by atoms with Crippen molar-refractivity contribution in [2.24, 2.45) is 5.92 Å². The summed E-state index contributed by atoms with van der Waals surface area (Å²) in [7, 11) is 1.61. The van der Waals surface area contributed by atoms with Gasteiger partial charge < -0.3 is 19.5 Å². The second-order valence-electron chi connectivity index (χ2n) is 9.31. The van der Waals surface area contributed by atoms with Crippen LogP contribution in [-0.4, -0.2) is 73.7 Å². The molecule has 3 rings (SSSR count). The minimum Gasteiger partial charge on any atom is -0.490 e. The van der Waals surface area contributed by atoms with Crippen LogP contribution in [0.4, 0.5) is 0 Å². The summed E-state index contributed by atoms with van der Waals surface area (Å²) in [6, 6.07) is 7.61. The van der Waals surface area contributed by atoms with Gasteiger partial charge in [0.05, 0.1) is 6.61 Å². The number of fused-ring (bicyclic) bond motifs is 1. The molecule has 1 aromatic carbocycles. The number of Topliss-reactive ketones (excluding diaryl/α,β-unsaturated/α-hetero) is 1. The number of para-hydroxylation sites is 1. The number of likely N-dealkylation sites (tertiary alicyclic amines) is 1. The number of aromatic nitrogens is 1. The maximum Gasteiger partial charge on any atom is 0.270 e. The number of ether oxygens (including phenoxy) is 3. The van der Waals surface area contributed by atoms with Crippen LogP contribution in [0.2, 0.25) is 0 Å². The summed E-state index contributed by atoms with van der Waals surface area (Å²) < 4.78 is 16.9. The number of hydrogen-bond acceptors (Lipinski definition) is 7. The third-order valence-corrected chi connectivity index (χ3v) is 6.07. The van der Waals surface area contributed by atoms with Gasteiger partial charge in [0.15, 0.2) is 5.78 Å². The zero-order valence-electron chi connectivity index (χ0n) is 20.9. The van der Waals surface area contributed by atoms with Gasteiger partial charge in [-0.15, -0.1) is 0 Å². The van der Waals surface area contributed by atoms with Gasteiger partial charge in [0.1, 0.15) is 35.9 Å². The molecule has 8 nitrogen and oxygen atoms in total. The van der Waals surface area contributed by atoms with Gasteiger partial charge in [-0.3, -0.25) is 14.5 Å². The Labute approximate surface area is 202 Å². The number of piperidine rings is 1. The third-order valence-electron chi connectivity index (χ3n) is 6.07. The highest BCUT2D eigenvalue weighted by Gasteiger charge is 2.24. The number of hydrogen-bond donors (Lipinski definition) is 1. The van der Waals surface area contributed by atoms with Gasteiger partial charge in [-0.05, 0) is 45.4 Å². The number of carbonyl (C=O) groups excluding carboxylic acids is 2. The zero-order valence-corrected chi connectivity index (χ0v) is 20.9. The van der Waals surface area contributed by atoms with E-state index in [9.17, 15) is 9.59 Å². The molecule has 0 bridgehead atoms.